The summed E-state index contributed by atoms with van der Waals surface area (Å²) in [5, 5.41) is 0. The summed E-state index contributed by atoms with van der Waals surface area (Å²) < 4.78 is 5.63. The number of rotatable bonds is 5. The standard InChI is InChI=1S/C23H24N4O2/c1-18-7-9-20(10-8-18)29-16-23(28)27-13-11-26(12-14-27)22-15-21(24-17-25-22)19-5-3-2-4-6-19/h2-10,15,17H,11-14,16H2,1H3. The van der Waals surface area contributed by atoms with Gasteiger partial charge in [-0.05, 0) is 19.1 Å². The van der Waals surface area contributed by atoms with Crippen molar-refractivity contribution in [1.82, 2.24) is 14.9 Å². The average Bonchev–Trinajstić information content (AvgIpc) is 2.79. The number of hydrogen-bond acceptors (Lipinski definition) is 5. The zero-order chi connectivity index (χ0) is 20.1. The van der Waals surface area contributed by atoms with Gasteiger partial charge in [0.15, 0.2) is 6.61 Å². The van der Waals surface area contributed by atoms with Crippen LogP contribution in [-0.4, -0.2) is 53.6 Å². The highest BCUT2D eigenvalue weighted by atomic mass is 16.5. The molecule has 1 amide bonds. The molecule has 1 aliphatic heterocycles. The van der Waals surface area contributed by atoms with E-state index < -0.39 is 0 Å². The van der Waals surface area contributed by atoms with Gasteiger partial charge in [-0.15, -0.1) is 0 Å². The fraction of sp³-hybridized carbons (Fsp3) is 0.261. The summed E-state index contributed by atoms with van der Waals surface area (Å²) in [5.74, 6) is 1.62. The van der Waals surface area contributed by atoms with E-state index in [0.29, 0.717) is 13.1 Å². The summed E-state index contributed by atoms with van der Waals surface area (Å²) >= 11 is 0. The summed E-state index contributed by atoms with van der Waals surface area (Å²) in [5.41, 5.74) is 3.14. The van der Waals surface area contributed by atoms with Crippen molar-refractivity contribution in [3.63, 3.8) is 0 Å². The van der Waals surface area contributed by atoms with E-state index in [1.807, 2.05) is 72.5 Å². The number of anilines is 1. The molecule has 0 atom stereocenters. The number of hydrogen-bond donors (Lipinski definition) is 0. The van der Waals surface area contributed by atoms with Gasteiger partial charge < -0.3 is 14.5 Å². The van der Waals surface area contributed by atoms with E-state index in [9.17, 15) is 4.79 Å². The minimum atomic E-state index is 0.0119. The monoisotopic (exact) mass is 388 g/mol. The minimum Gasteiger partial charge on any atom is -0.484 e. The van der Waals surface area contributed by atoms with Gasteiger partial charge in [-0.1, -0.05) is 48.0 Å². The first-order valence-electron chi connectivity index (χ1n) is 9.79. The molecule has 1 aromatic heterocycles. The molecule has 3 aromatic rings. The van der Waals surface area contributed by atoms with Crippen LogP contribution in [0, 0.1) is 6.92 Å². The van der Waals surface area contributed by atoms with Crippen LogP contribution in [0.2, 0.25) is 0 Å². The molecule has 1 fully saturated rings. The van der Waals surface area contributed by atoms with E-state index in [1.165, 1.54) is 5.56 Å². The number of piperazine rings is 1. The first kappa shape index (κ1) is 18.9. The predicted octanol–water partition coefficient (Wildman–Crippen LogP) is 3.18. The fourth-order valence-corrected chi connectivity index (χ4v) is 3.34. The predicted molar refractivity (Wildman–Crippen MR) is 113 cm³/mol. The van der Waals surface area contributed by atoms with Crippen LogP contribution in [-0.2, 0) is 4.79 Å². The second-order valence-corrected chi connectivity index (χ2v) is 7.10. The molecule has 2 heterocycles. The Morgan fingerprint density at radius 2 is 1.69 bits per heavy atom. The van der Waals surface area contributed by atoms with Crippen LogP contribution in [0.15, 0.2) is 67.0 Å². The highest BCUT2D eigenvalue weighted by Crippen LogP contribution is 2.21. The first-order chi connectivity index (χ1) is 14.2. The Labute approximate surface area is 170 Å². The number of benzene rings is 2. The zero-order valence-electron chi connectivity index (χ0n) is 16.5. The molecular formula is C23H24N4O2. The largest absolute Gasteiger partial charge is 0.484 e. The van der Waals surface area contributed by atoms with Crippen LogP contribution < -0.4 is 9.64 Å². The quantitative estimate of drug-likeness (QED) is 0.672. The van der Waals surface area contributed by atoms with Gasteiger partial charge >= 0.3 is 0 Å². The molecule has 1 saturated heterocycles. The van der Waals surface area contributed by atoms with Crippen LogP contribution in [0.25, 0.3) is 11.3 Å². The summed E-state index contributed by atoms with van der Waals surface area (Å²) in [6.45, 7) is 4.87. The van der Waals surface area contributed by atoms with Crippen molar-refractivity contribution in [2.75, 3.05) is 37.7 Å². The zero-order valence-corrected chi connectivity index (χ0v) is 16.5. The number of aromatic nitrogens is 2. The Hall–Kier alpha value is -3.41. The van der Waals surface area contributed by atoms with Crippen molar-refractivity contribution in [3.8, 4) is 17.0 Å². The van der Waals surface area contributed by atoms with Gasteiger partial charge in [-0.3, -0.25) is 4.79 Å². The van der Waals surface area contributed by atoms with Crippen LogP contribution in [0.4, 0.5) is 5.82 Å². The third-order valence-corrected chi connectivity index (χ3v) is 5.06. The molecule has 2 aromatic carbocycles. The highest BCUT2D eigenvalue weighted by molar-refractivity contribution is 5.78. The molecule has 29 heavy (non-hydrogen) atoms. The summed E-state index contributed by atoms with van der Waals surface area (Å²) in [6, 6.07) is 19.8. The highest BCUT2D eigenvalue weighted by Gasteiger charge is 2.22. The fourth-order valence-electron chi connectivity index (χ4n) is 3.34. The molecule has 0 unspecified atom stereocenters. The van der Waals surface area contributed by atoms with Gasteiger partial charge in [0, 0.05) is 37.8 Å². The van der Waals surface area contributed by atoms with Crippen LogP contribution >= 0.6 is 0 Å². The molecule has 0 aliphatic carbocycles. The Balaban J connectivity index is 1.32. The van der Waals surface area contributed by atoms with E-state index in [1.54, 1.807) is 6.33 Å². The Bertz CT molecular complexity index is 952. The third kappa shape index (κ3) is 4.71. The van der Waals surface area contributed by atoms with Crippen LogP contribution in [0.1, 0.15) is 5.56 Å². The Kier molecular flexibility index (Phi) is 5.70. The number of ether oxygens (including phenoxy) is 1. The number of carbonyl (C=O) groups is 1. The van der Waals surface area contributed by atoms with Gasteiger partial charge in [0.2, 0.25) is 0 Å². The van der Waals surface area contributed by atoms with Crippen molar-refractivity contribution in [2.45, 2.75) is 6.92 Å². The normalized spacial score (nSPS) is 14.0. The lowest BCUT2D eigenvalue weighted by Crippen LogP contribution is -2.50. The maximum absolute atomic E-state index is 12.5. The van der Waals surface area contributed by atoms with Crippen molar-refractivity contribution >= 4 is 11.7 Å². The lowest BCUT2D eigenvalue weighted by molar-refractivity contribution is -0.133. The second-order valence-electron chi connectivity index (χ2n) is 7.10. The molecular weight excluding hydrogens is 364 g/mol. The molecule has 4 rings (SSSR count). The number of nitrogens with zero attached hydrogens (tertiary/aromatic N) is 4. The van der Waals surface area contributed by atoms with Crippen molar-refractivity contribution < 1.29 is 9.53 Å². The van der Waals surface area contributed by atoms with E-state index in [-0.39, 0.29) is 12.5 Å². The van der Waals surface area contributed by atoms with E-state index in [4.69, 9.17) is 4.74 Å². The van der Waals surface area contributed by atoms with E-state index in [0.717, 1.165) is 35.9 Å². The molecule has 148 valence electrons. The molecule has 0 radical (unpaired) electrons. The Morgan fingerprint density at radius 3 is 2.41 bits per heavy atom. The third-order valence-electron chi connectivity index (χ3n) is 5.06. The SMILES string of the molecule is Cc1ccc(OCC(=O)N2CCN(c3cc(-c4ccccc4)ncn3)CC2)cc1. The van der Waals surface area contributed by atoms with Gasteiger partial charge in [0.05, 0.1) is 5.69 Å². The number of carbonyl (C=O) groups excluding carboxylic acids is 1. The lowest BCUT2D eigenvalue weighted by Gasteiger charge is -2.35. The first-order valence-corrected chi connectivity index (χ1v) is 9.79. The number of amides is 1. The average molecular weight is 388 g/mol. The molecule has 0 bridgehead atoms. The molecule has 6 heteroatoms. The van der Waals surface area contributed by atoms with Crippen molar-refractivity contribution in [1.29, 1.82) is 0 Å². The Morgan fingerprint density at radius 1 is 0.966 bits per heavy atom. The maximum atomic E-state index is 12.5. The van der Waals surface area contributed by atoms with Crippen LogP contribution in [0.5, 0.6) is 5.75 Å². The van der Waals surface area contributed by atoms with Gasteiger partial charge in [-0.25, -0.2) is 9.97 Å². The molecule has 0 N–H and O–H groups in total. The van der Waals surface area contributed by atoms with Crippen molar-refractivity contribution in [2.24, 2.45) is 0 Å². The van der Waals surface area contributed by atoms with Gasteiger partial charge in [0.25, 0.3) is 5.91 Å². The summed E-state index contributed by atoms with van der Waals surface area (Å²) in [7, 11) is 0. The minimum absolute atomic E-state index is 0.0119. The second kappa shape index (κ2) is 8.73. The van der Waals surface area contributed by atoms with Gasteiger partial charge in [-0.2, -0.15) is 0 Å². The molecule has 1 aliphatic rings. The van der Waals surface area contributed by atoms with Crippen molar-refractivity contribution in [3.05, 3.63) is 72.6 Å². The van der Waals surface area contributed by atoms with Gasteiger partial charge in [0.1, 0.15) is 17.9 Å². The molecule has 0 saturated carbocycles. The molecule has 6 nitrogen and oxygen atoms in total. The van der Waals surface area contributed by atoms with E-state index in [2.05, 4.69) is 14.9 Å². The smallest absolute Gasteiger partial charge is 0.260 e. The molecule has 0 spiro atoms. The topological polar surface area (TPSA) is 58.6 Å². The summed E-state index contributed by atoms with van der Waals surface area (Å²) in [6.07, 6.45) is 1.60. The maximum Gasteiger partial charge on any atom is 0.260 e. The lowest BCUT2D eigenvalue weighted by atomic mass is 10.1. The van der Waals surface area contributed by atoms with Crippen LogP contribution in [0.3, 0.4) is 0 Å². The summed E-state index contributed by atoms with van der Waals surface area (Å²) in [4.78, 5) is 25.3. The van der Waals surface area contributed by atoms with E-state index >= 15 is 0 Å². The number of aryl methyl sites for hydroxylation is 1.